The van der Waals surface area contributed by atoms with Crippen LogP contribution in [0.15, 0.2) is 24.4 Å². The largest absolute Gasteiger partial charge is 0.261 e. The molecule has 0 aliphatic heterocycles. The van der Waals surface area contributed by atoms with Gasteiger partial charge in [-0.2, -0.15) is 0 Å². The molecule has 1 heterocycles. The highest BCUT2D eigenvalue weighted by atomic mass is 14.7. The van der Waals surface area contributed by atoms with Crippen LogP contribution in [-0.4, -0.2) is 4.98 Å². The van der Waals surface area contributed by atoms with Gasteiger partial charge in [-0.05, 0) is 36.8 Å². The molecule has 0 atom stereocenters. The van der Waals surface area contributed by atoms with E-state index in [0.29, 0.717) is 0 Å². The van der Waals surface area contributed by atoms with E-state index in [1.165, 1.54) is 10.4 Å². The van der Waals surface area contributed by atoms with Crippen molar-refractivity contribution in [3.63, 3.8) is 0 Å². The van der Waals surface area contributed by atoms with Gasteiger partial charge < -0.3 is 0 Å². The van der Waals surface area contributed by atoms with Gasteiger partial charge in [0.25, 0.3) is 0 Å². The number of allylic oxidation sites excluding steroid dienone is 2. The van der Waals surface area contributed by atoms with Gasteiger partial charge in [-0.1, -0.05) is 31.2 Å². The van der Waals surface area contributed by atoms with Crippen molar-refractivity contribution in [2.45, 2.75) is 27.2 Å². The van der Waals surface area contributed by atoms with E-state index >= 15 is 0 Å². The summed E-state index contributed by atoms with van der Waals surface area (Å²) < 4.78 is 0. The number of aryl methyl sites for hydroxylation is 1. The second-order valence-corrected chi connectivity index (χ2v) is 3.14. The third kappa shape index (κ3) is 2.56. The van der Waals surface area contributed by atoms with E-state index in [9.17, 15) is 0 Å². The maximum Gasteiger partial charge on any atom is 0.0407 e. The summed E-state index contributed by atoms with van der Waals surface area (Å²) in [6.07, 6.45) is 11.2. The first-order valence-corrected chi connectivity index (χ1v) is 5.06. The second kappa shape index (κ2) is 5.38. The molecule has 0 unspecified atom stereocenters. The summed E-state index contributed by atoms with van der Waals surface area (Å²) in [4.78, 5) is 4.36. The molecule has 0 aliphatic carbocycles. The van der Waals surface area contributed by atoms with Crippen molar-refractivity contribution in [1.82, 2.24) is 4.98 Å². The predicted molar refractivity (Wildman–Crippen MR) is 62.3 cm³/mol. The zero-order valence-corrected chi connectivity index (χ0v) is 9.12. The van der Waals surface area contributed by atoms with Crippen LogP contribution in [-0.2, 0) is 6.42 Å². The molecule has 0 N–H and O–H groups in total. The van der Waals surface area contributed by atoms with Crippen molar-refractivity contribution < 1.29 is 0 Å². The fourth-order valence-electron chi connectivity index (χ4n) is 1.31. The first-order chi connectivity index (χ1) is 6.81. The Hall–Kier alpha value is -1.37. The molecule has 1 nitrogen and oxygen atoms in total. The number of hydrogen-bond donors (Lipinski definition) is 0. The van der Waals surface area contributed by atoms with Crippen LogP contribution in [0.1, 0.15) is 26.5 Å². The normalized spacial score (nSPS) is 14.2. The summed E-state index contributed by atoms with van der Waals surface area (Å²) in [5.74, 6) is 0. The zero-order chi connectivity index (χ0) is 10.4. The molecule has 0 aliphatic rings. The smallest absolute Gasteiger partial charge is 0.0407 e. The van der Waals surface area contributed by atoms with Gasteiger partial charge in [0.15, 0.2) is 0 Å². The first-order valence-electron chi connectivity index (χ1n) is 5.06. The molecule has 14 heavy (non-hydrogen) atoms. The molecular weight excluding hydrogens is 170 g/mol. The highest BCUT2D eigenvalue weighted by Crippen LogP contribution is 1.86. The van der Waals surface area contributed by atoms with Crippen LogP contribution in [0.4, 0.5) is 0 Å². The summed E-state index contributed by atoms with van der Waals surface area (Å²) >= 11 is 0. The molecule has 0 spiro atoms. The fourth-order valence-corrected chi connectivity index (χ4v) is 1.31. The van der Waals surface area contributed by atoms with Crippen LogP contribution in [0.5, 0.6) is 0 Å². The minimum atomic E-state index is 0.987. The van der Waals surface area contributed by atoms with Gasteiger partial charge in [-0.15, -0.1) is 0 Å². The number of pyridine rings is 1. The predicted octanol–water partition coefficient (Wildman–Crippen LogP) is 1.80. The van der Waals surface area contributed by atoms with Crippen LogP contribution in [0.2, 0.25) is 0 Å². The molecule has 1 aromatic rings. The number of aromatic nitrogens is 1. The average Bonchev–Trinajstić information content (AvgIpc) is 2.25. The van der Waals surface area contributed by atoms with Gasteiger partial charge in [0.05, 0.1) is 0 Å². The minimum absolute atomic E-state index is 0.987. The Bertz CT molecular complexity index is 427. The molecule has 1 rings (SSSR count). The van der Waals surface area contributed by atoms with E-state index in [0.717, 1.165) is 12.1 Å². The van der Waals surface area contributed by atoms with E-state index in [-0.39, 0.29) is 0 Å². The Morgan fingerprint density at radius 3 is 2.64 bits per heavy atom. The van der Waals surface area contributed by atoms with Gasteiger partial charge >= 0.3 is 0 Å². The van der Waals surface area contributed by atoms with Crippen molar-refractivity contribution >= 4 is 12.2 Å². The van der Waals surface area contributed by atoms with Crippen molar-refractivity contribution in [3.05, 3.63) is 40.5 Å². The van der Waals surface area contributed by atoms with Crippen LogP contribution in [0, 0.1) is 0 Å². The lowest BCUT2D eigenvalue weighted by Gasteiger charge is -1.95. The van der Waals surface area contributed by atoms with Gasteiger partial charge in [-0.3, -0.25) is 4.98 Å². The lowest BCUT2D eigenvalue weighted by molar-refractivity contribution is 1.02. The summed E-state index contributed by atoms with van der Waals surface area (Å²) in [5, 5.41) is 2.44. The third-order valence-corrected chi connectivity index (χ3v) is 2.17. The standard InChI is InChI=1S/C13H17N/c1-4-7-8-12-9-13(6-3)14-10-11(12)5-2/h4-5,7-10H,6H2,1-3H3/b7-4-,11-5-,12-8-. The monoisotopic (exact) mass is 187 g/mol. The van der Waals surface area contributed by atoms with Crippen LogP contribution in [0.25, 0.3) is 12.2 Å². The maximum atomic E-state index is 4.36. The molecule has 0 saturated heterocycles. The quantitative estimate of drug-likeness (QED) is 0.688. The molecule has 0 amide bonds. The molecule has 74 valence electrons. The van der Waals surface area contributed by atoms with Crippen molar-refractivity contribution in [3.8, 4) is 0 Å². The Morgan fingerprint density at radius 1 is 1.29 bits per heavy atom. The first kappa shape index (κ1) is 10.7. The maximum absolute atomic E-state index is 4.36. The van der Waals surface area contributed by atoms with Gasteiger partial charge in [-0.25, -0.2) is 0 Å². The Balaban J connectivity index is 3.37. The Kier molecular flexibility index (Phi) is 4.11. The molecule has 1 aromatic heterocycles. The van der Waals surface area contributed by atoms with E-state index in [4.69, 9.17) is 0 Å². The highest BCUT2D eigenvalue weighted by molar-refractivity contribution is 5.38. The van der Waals surface area contributed by atoms with Crippen molar-refractivity contribution in [1.29, 1.82) is 0 Å². The van der Waals surface area contributed by atoms with E-state index in [2.05, 4.69) is 36.2 Å². The summed E-state index contributed by atoms with van der Waals surface area (Å²) in [5.41, 5.74) is 1.14. The number of hydrogen-bond acceptors (Lipinski definition) is 1. The molecule has 0 saturated carbocycles. The van der Waals surface area contributed by atoms with Gasteiger partial charge in [0.2, 0.25) is 0 Å². The van der Waals surface area contributed by atoms with Crippen LogP contribution in [0.3, 0.4) is 0 Å². The van der Waals surface area contributed by atoms with Gasteiger partial charge in [0, 0.05) is 11.9 Å². The average molecular weight is 187 g/mol. The molecule has 1 heteroatoms. The fraction of sp³-hybridized carbons (Fsp3) is 0.308. The zero-order valence-electron chi connectivity index (χ0n) is 9.12. The Labute approximate surface area is 85.5 Å². The van der Waals surface area contributed by atoms with Crippen molar-refractivity contribution in [2.75, 3.05) is 0 Å². The third-order valence-electron chi connectivity index (χ3n) is 2.17. The van der Waals surface area contributed by atoms with E-state index in [1.807, 2.05) is 26.1 Å². The minimum Gasteiger partial charge on any atom is -0.261 e. The van der Waals surface area contributed by atoms with Crippen LogP contribution < -0.4 is 10.4 Å². The second-order valence-electron chi connectivity index (χ2n) is 3.14. The summed E-state index contributed by atoms with van der Waals surface area (Å²) in [6, 6.07) is 2.15. The Morgan fingerprint density at radius 2 is 2.07 bits per heavy atom. The molecule has 0 radical (unpaired) electrons. The number of nitrogens with zero attached hydrogens (tertiary/aromatic N) is 1. The molecule has 0 fully saturated rings. The number of rotatable bonds is 2. The SMILES string of the molecule is C\C=C/C=c1/cc(CC)nc/c1=C/C. The lowest BCUT2D eigenvalue weighted by Crippen LogP contribution is -2.25. The molecule has 0 bridgehead atoms. The molecule has 0 aromatic carbocycles. The summed E-state index contributed by atoms with van der Waals surface area (Å²) in [6.45, 7) is 6.18. The lowest BCUT2D eigenvalue weighted by atomic mass is 10.2. The topological polar surface area (TPSA) is 12.9 Å². The van der Waals surface area contributed by atoms with Gasteiger partial charge in [0.1, 0.15) is 0 Å². The highest BCUT2D eigenvalue weighted by Gasteiger charge is 1.89. The summed E-state index contributed by atoms with van der Waals surface area (Å²) in [7, 11) is 0. The van der Waals surface area contributed by atoms with E-state index < -0.39 is 0 Å². The van der Waals surface area contributed by atoms with E-state index in [1.54, 1.807) is 0 Å². The van der Waals surface area contributed by atoms with Crippen molar-refractivity contribution in [2.24, 2.45) is 0 Å². The van der Waals surface area contributed by atoms with Crippen LogP contribution >= 0.6 is 0 Å². The molecular formula is C13H17N.